The quantitative estimate of drug-likeness (QED) is 0.920. The van der Waals surface area contributed by atoms with Gasteiger partial charge in [-0.25, -0.2) is 9.38 Å². The summed E-state index contributed by atoms with van der Waals surface area (Å²) in [5.41, 5.74) is 7.12. The van der Waals surface area contributed by atoms with Crippen LogP contribution in [0.2, 0.25) is 0 Å². The van der Waals surface area contributed by atoms with E-state index in [0.717, 1.165) is 16.0 Å². The van der Waals surface area contributed by atoms with E-state index in [-0.39, 0.29) is 5.56 Å². The van der Waals surface area contributed by atoms with Gasteiger partial charge in [0.05, 0.1) is 5.56 Å². The lowest BCUT2D eigenvalue weighted by atomic mass is 10.0. The summed E-state index contributed by atoms with van der Waals surface area (Å²) in [5, 5.41) is 14.7. The predicted molar refractivity (Wildman–Crippen MR) is 88.9 cm³/mol. The van der Waals surface area contributed by atoms with Crippen LogP contribution < -0.4 is 5.73 Å². The van der Waals surface area contributed by atoms with Gasteiger partial charge < -0.3 is 5.73 Å². The Morgan fingerprint density at radius 2 is 2.04 bits per heavy atom. The summed E-state index contributed by atoms with van der Waals surface area (Å²) in [6.07, 6.45) is 0. The molecule has 0 spiro atoms. The molecular formula is C16H16FN5S. The average molecular weight is 329 g/mol. The topological polar surface area (TPSA) is 68.6 Å². The first-order valence-electron chi connectivity index (χ1n) is 6.98. The molecule has 0 amide bonds. The van der Waals surface area contributed by atoms with Crippen LogP contribution in [0.3, 0.4) is 0 Å². The number of nitriles is 1. The molecule has 3 rings (SSSR count). The van der Waals surface area contributed by atoms with Crippen molar-refractivity contribution in [3.8, 4) is 17.2 Å². The van der Waals surface area contributed by atoms with Gasteiger partial charge in [0.2, 0.25) is 5.96 Å². The first kappa shape index (κ1) is 15.5. The van der Waals surface area contributed by atoms with Crippen molar-refractivity contribution in [1.82, 2.24) is 10.0 Å². The molecule has 1 atom stereocenters. The molecule has 0 fully saturated rings. The third-order valence-electron chi connectivity index (χ3n) is 4.23. The van der Waals surface area contributed by atoms with Gasteiger partial charge in [-0.1, -0.05) is 6.07 Å². The van der Waals surface area contributed by atoms with Gasteiger partial charge in [0.25, 0.3) is 0 Å². The smallest absolute Gasteiger partial charge is 0.208 e. The molecular weight excluding hydrogens is 313 g/mol. The van der Waals surface area contributed by atoms with Crippen molar-refractivity contribution in [2.24, 2.45) is 10.7 Å². The SMILES string of the molecule is CN1C(N)=NC(C)(c2cc(-c3ccc(F)c(C#N)c3)cs2)N1C. The molecule has 0 saturated carbocycles. The number of benzene rings is 1. The molecule has 1 unspecified atom stereocenters. The van der Waals surface area contributed by atoms with Gasteiger partial charge >= 0.3 is 0 Å². The van der Waals surface area contributed by atoms with E-state index in [2.05, 4.69) is 4.99 Å². The number of hydrogen-bond acceptors (Lipinski definition) is 6. The maximum Gasteiger partial charge on any atom is 0.208 e. The average Bonchev–Trinajstić information content (AvgIpc) is 3.10. The van der Waals surface area contributed by atoms with Crippen molar-refractivity contribution in [1.29, 1.82) is 5.26 Å². The standard InChI is InChI=1S/C16H16FN5S/c1-16(20-15(19)21(2)22(16)3)14-7-12(9-23-14)10-4-5-13(17)11(6-10)8-18/h4-7,9H,1-3H3,(H2,19,20). The molecule has 5 nitrogen and oxygen atoms in total. The molecule has 2 N–H and O–H groups in total. The molecule has 0 saturated heterocycles. The first-order valence-corrected chi connectivity index (χ1v) is 7.86. The zero-order valence-electron chi connectivity index (χ0n) is 13.0. The van der Waals surface area contributed by atoms with Gasteiger partial charge in [-0.05, 0) is 41.6 Å². The zero-order chi connectivity index (χ0) is 16.8. The Kier molecular flexibility index (Phi) is 3.59. The molecule has 0 aliphatic carbocycles. The number of guanidine groups is 1. The summed E-state index contributed by atoms with van der Waals surface area (Å²) < 4.78 is 13.5. The van der Waals surface area contributed by atoms with E-state index in [1.165, 1.54) is 6.07 Å². The monoisotopic (exact) mass is 329 g/mol. The molecule has 1 aromatic heterocycles. The van der Waals surface area contributed by atoms with Gasteiger partial charge in [-0.2, -0.15) is 10.3 Å². The minimum absolute atomic E-state index is 0.0430. The predicted octanol–water partition coefficient (Wildman–Crippen LogP) is 2.71. The maximum atomic E-state index is 13.5. The second kappa shape index (κ2) is 5.33. The summed E-state index contributed by atoms with van der Waals surface area (Å²) >= 11 is 1.56. The molecule has 118 valence electrons. The first-order chi connectivity index (χ1) is 10.9. The second-order valence-corrected chi connectivity index (χ2v) is 6.46. The summed E-state index contributed by atoms with van der Waals surface area (Å²) in [6.45, 7) is 1.99. The number of rotatable bonds is 2. The third-order valence-corrected chi connectivity index (χ3v) is 5.36. The number of nitrogens with zero attached hydrogens (tertiary/aromatic N) is 4. The van der Waals surface area contributed by atoms with Crippen LogP contribution in [0.25, 0.3) is 11.1 Å². The van der Waals surface area contributed by atoms with E-state index < -0.39 is 11.5 Å². The highest BCUT2D eigenvalue weighted by Crippen LogP contribution is 2.39. The van der Waals surface area contributed by atoms with E-state index in [0.29, 0.717) is 5.96 Å². The Bertz CT molecular complexity index is 837. The fourth-order valence-electron chi connectivity index (χ4n) is 2.55. The van der Waals surface area contributed by atoms with Crippen molar-refractivity contribution in [2.75, 3.05) is 14.1 Å². The normalized spacial score (nSPS) is 21.3. The van der Waals surface area contributed by atoms with Crippen LogP contribution in [-0.4, -0.2) is 30.1 Å². The fraction of sp³-hybridized carbons (Fsp3) is 0.250. The Morgan fingerprint density at radius 3 is 2.65 bits per heavy atom. The summed E-state index contributed by atoms with van der Waals surface area (Å²) in [6, 6.07) is 8.43. The molecule has 1 aliphatic heterocycles. The van der Waals surface area contributed by atoms with E-state index in [1.807, 2.05) is 43.5 Å². The molecule has 0 bridgehead atoms. The number of hydrogen-bond donors (Lipinski definition) is 1. The van der Waals surface area contributed by atoms with E-state index in [4.69, 9.17) is 11.0 Å². The lowest BCUT2D eigenvalue weighted by Crippen LogP contribution is -2.45. The van der Waals surface area contributed by atoms with Gasteiger partial charge in [0, 0.05) is 19.0 Å². The van der Waals surface area contributed by atoms with E-state index in [1.54, 1.807) is 28.5 Å². The van der Waals surface area contributed by atoms with Crippen LogP contribution in [0.15, 0.2) is 34.6 Å². The largest absolute Gasteiger partial charge is 0.369 e. The molecule has 1 aliphatic rings. The number of hydrazine groups is 1. The Balaban J connectivity index is 2.01. The number of aliphatic imine (C=N–C) groups is 1. The highest BCUT2D eigenvalue weighted by atomic mass is 32.1. The summed E-state index contributed by atoms with van der Waals surface area (Å²) in [4.78, 5) is 5.57. The van der Waals surface area contributed by atoms with Crippen molar-refractivity contribution in [3.63, 3.8) is 0 Å². The van der Waals surface area contributed by atoms with Crippen LogP contribution in [0.4, 0.5) is 4.39 Å². The summed E-state index contributed by atoms with van der Waals surface area (Å²) in [7, 11) is 3.78. The van der Waals surface area contributed by atoms with Crippen LogP contribution in [0, 0.1) is 17.1 Å². The van der Waals surface area contributed by atoms with Gasteiger partial charge in [0.1, 0.15) is 11.9 Å². The van der Waals surface area contributed by atoms with Gasteiger partial charge in [-0.3, -0.25) is 5.01 Å². The molecule has 0 radical (unpaired) electrons. The van der Waals surface area contributed by atoms with Crippen molar-refractivity contribution < 1.29 is 4.39 Å². The van der Waals surface area contributed by atoms with Crippen LogP contribution in [0.1, 0.15) is 17.4 Å². The highest BCUT2D eigenvalue weighted by molar-refractivity contribution is 7.10. The van der Waals surface area contributed by atoms with Crippen LogP contribution >= 0.6 is 11.3 Å². The lowest BCUT2D eigenvalue weighted by molar-refractivity contribution is 0.0201. The molecule has 23 heavy (non-hydrogen) atoms. The van der Waals surface area contributed by atoms with Crippen molar-refractivity contribution >= 4 is 17.3 Å². The Hall–Kier alpha value is -2.43. The summed E-state index contributed by atoms with van der Waals surface area (Å²) in [5.74, 6) is -0.0494. The van der Waals surface area contributed by atoms with Crippen LogP contribution in [0.5, 0.6) is 0 Å². The number of thiophene rings is 1. The molecule has 2 heterocycles. The number of halogens is 1. The van der Waals surface area contributed by atoms with E-state index >= 15 is 0 Å². The minimum atomic E-state index is -0.570. The Morgan fingerprint density at radius 1 is 1.30 bits per heavy atom. The molecule has 7 heteroatoms. The van der Waals surface area contributed by atoms with E-state index in [9.17, 15) is 4.39 Å². The lowest BCUT2D eigenvalue weighted by Gasteiger charge is -2.32. The Labute approximate surface area is 138 Å². The second-order valence-electron chi connectivity index (χ2n) is 5.54. The fourth-order valence-corrected chi connectivity index (χ4v) is 3.61. The number of nitrogens with two attached hydrogens (primary N) is 1. The highest BCUT2D eigenvalue weighted by Gasteiger charge is 2.41. The minimum Gasteiger partial charge on any atom is -0.369 e. The molecule has 2 aromatic rings. The van der Waals surface area contributed by atoms with Crippen LogP contribution in [-0.2, 0) is 5.66 Å². The van der Waals surface area contributed by atoms with Crippen molar-refractivity contribution in [3.05, 3.63) is 45.9 Å². The molecule has 1 aromatic carbocycles. The van der Waals surface area contributed by atoms with Gasteiger partial charge in [0.15, 0.2) is 5.66 Å². The zero-order valence-corrected chi connectivity index (χ0v) is 13.9. The maximum absolute atomic E-state index is 13.5. The van der Waals surface area contributed by atoms with Gasteiger partial charge in [-0.15, -0.1) is 11.3 Å². The third kappa shape index (κ3) is 2.36. The van der Waals surface area contributed by atoms with Crippen molar-refractivity contribution in [2.45, 2.75) is 12.6 Å².